The summed E-state index contributed by atoms with van der Waals surface area (Å²) >= 11 is 0. The van der Waals surface area contributed by atoms with Crippen LogP contribution >= 0.6 is 0 Å². The van der Waals surface area contributed by atoms with Crippen LogP contribution in [0.2, 0.25) is 0 Å². The Bertz CT molecular complexity index is 682. The Hall–Kier alpha value is -2.61. The van der Waals surface area contributed by atoms with Gasteiger partial charge in [0, 0.05) is 24.4 Å². The maximum atomic E-state index is 12.0. The van der Waals surface area contributed by atoms with Crippen molar-refractivity contribution in [3.05, 3.63) is 84.2 Å². The zero-order chi connectivity index (χ0) is 13.8. The first kappa shape index (κ1) is 12.4. The maximum Gasteiger partial charge on any atom is 0.168 e. The van der Waals surface area contributed by atoms with E-state index in [1.54, 1.807) is 18.5 Å². The fourth-order valence-electron chi connectivity index (χ4n) is 2.23. The monoisotopic (exact) mass is 261 g/mol. The molecule has 0 bridgehead atoms. The van der Waals surface area contributed by atoms with Crippen molar-refractivity contribution in [3.8, 4) is 11.1 Å². The van der Waals surface area contributed by atoms with Crippen LogP contribution in [0, 0.1) is 0 Å². The summed E-state index contributed by atoms with van der Waals surface area (Å²) in [6, 6.07) is 20.2. The standard InChI is InChI=1S/C18H15NO/c20-18(17-10-11-19-13-17)12-14-6-8-16(9-7-14)15-4-2-1-3-5-15/h1-11,13,19H,12H2. The molecule has 0 atom stereocenters. The van der Waals surface area contributed by atoms with Gasteiger partial charge in [-0.3, -0.25) is 4.79 Å². The summed E-state index contributed by atoms with van der Waals surface area (Å²) < 4.78 is 0. The first-order chi connectivity index (χ1) is 9.83. The van der Waals surface area contributed by atoms with Crippen LogP contribution in [0.5, 0.6) is 0 Å². The van der Waals surface area contributed by atoms with E-state index >= 15 is 0 Å². The molecule has 3 rings (SSSR count). The van der Waals surface area contributed by atoms with Gasteiger partial charge in [0.1, 0.15) is 0 Å². The number of aromatic nitrogens is 1. The van der Waals surface area contributed by atoms with E-state index in [0.717, 1.165) is 11.1 Å². The molecular formula is C18H15NO. The summed E-state index contributed by atoms with van der Waals surface area (Å²) in [5.74, 6) is 0.138. The van der Waals surface area contributed by atoms with E-state index in [1.165, 1.54) is 11.1 Å². The Balaban J connectivity index is 1.75. The molecule has 2 heteroatoms. The predicted octanol–water partition coefficient (Wildman–Crippen LogP) is 4.11. The zero-order valence-electron chi connectivity index (χ0n) is 11.0. The van der Waals surface area contributed by atoms with Crippen LogP contribution in [0.4, 0.5) is 0 Å². The molecule has 3 aromatic rings. The summed E-state index contributed by atoms with van der Waals surface area (Å²) in [4.78, 5) is 14.9. The quantitative estimate of drug-likeness (QED) is 0.704. The van der Waals surface area contributed by atoms with Gasteiger partial charge in [-0.15, -0.1) is 0 Å². The average Bonchev–Trinajstić information content (AvgIpc) is 3.03. The summed E-state index contributed by atoms with van der Waals surface area (Å²) in [6.45, 7) is 0. The Morgan fingerprint density at radius 1 is 0.850 bits per heavy atom. The summed E-state index contributed by atoms with van der Waals surface area (Å²) in [5.41, 5.74) is 4.13. The number of rotatable bonds is 4. The van der Waals surface area contributed by atoms with Gasteiger partial charge in [-0.2, -0.15) is 0 Å². The van der Waals surface area contributed by atoms with Gasteiger partial charge in [0.25, 0.3) is 0 Å². The van der Waals surface area contributed by atoms with Crippen LogP contribution in [0.1, 0.15) is 15.9 Å². The number of hydrogen-bond acceptors (Lipinski definition) is 1. The highest BCUT2D eigenvalue weighted by molar-refractivity contribution is 5.97. The normalized spacial score (nSPS) is 10.4. The first-order valence-electron chi connectivity index (χ1n) is 6.63. The molecule has 0 aliphatic heterocycles. The van der Waals surface area contributed by atoms with Crippen LogP contribution < -0.4 is 0 Å². The lowest BCUT2D eigenvalue weighted by atomic mass is 10.0. The van der Waals surface area contributed by atoms with Crippen molar-refractivity contribution < 1.29 is 4.79 Å². The second-order valence-corrected chi connectivity index (χ2v) is 4.76. The average molecular weight is 261 g/mol. The molecule has 2 aromatic carbocycles. The summed E-state index contributed by atoms with van der Waals surface area (Å²) in [5, 5.41) is 0. The van der Waals surface area contributed by atoms with Crippen molar-refractivity contribution in [2.75, 3.05) is 0 Å². The van der Waals surface area contributed by atoms with E-state index in [0.29, 0.717) is 6.42 Å². The molecule has 0 aliphatic rings. The second-order valence-electron chi connectivity index (χ2n) is 4.76. The number of ketones is 1. The molecule has 2 nitrogen and oxygen atoms in total. The minimum atomic E-state index is 0.138. The lowest BCUT2D eigenvalue weighted by Crippen LogP contribution is -2.01. The van der Waals surface area contributed by atoms with E-state index in [9.17, 15) is 4.79 Å². The van der Waals surface area contributed by atoms with Crippen LogP contribution in [0.25, 0.3) is 11.1 Å². The predicted molar refractivity (Wildman–Crippen MR) is 80.7 cm³/mol. The van der Waals surface area contributed by atoms with Crippen molar-refractivity contribution in [3.63, 3.8) is 0 Å². The lowest BCUT2D eigenvalue weighted by molar-refractivity contribution is 0.0993. The van der Waals surface area contributed by atoms with E-state index < -0.39 is 0 Å². The van der Waals surface area contributed by atoms with Gasteiger partial charge >= 0.3 is 0 Å². The molecule has 98 valence electrons. The minimum absolute atomic E-state index is 0.138. The maximum absolute atomic E-state index is 12.0. The van der Waals surface area contributed by atoms with Gasteiger partial charge in [0.15, 0.2) is 5.78 Å². The van der Waals surface area contributed by atoms with Crippen molar-refractivity contribution in [2.45, 2.75) is 6.42 Å². The van der Waals surface area contributed by atoms with Crippen LogP contribution in [0.3, 0.4) is 0 Å². The van der Waals surface area contributed by atoms with Crippen molar-refractivity contribution in [2.24, 2.45) is 0 Å². The van der Waals surface area contributed by atoms with Crippen molar-refractivity contribution >= 4 is 5.78 Å². The molecule has 20 heavy (non-hydrogen) atoms. The molecule has 1 heterocycles. The number of carbonyl (C=O) groups is 1. The van der Waals surface area contributed by atoms with Crippen molar-refractivity contribution in [1.82, 2.24) is 4.98 Å². The number of benzene rings is 2. The largest absolute Gasteiger partial charge is 0.367 e. The Labute approximate surface area is 118 Å². The molecular weight excluding hydrogens is 246 g/mol. The van der Waals surface area contributed by atoms with E-state index in [-0.39, 0.29) is 5.78 Å². The highest BCUT2D eigenvalue weighted by Crippen LogP contribution is 2.19. The van der Waals surface area contributed by atoms with E-state index in [4.69, 9.17) is 0 Å². The van der Waals surface area contributed by atoms with Gasteiger partial charge in [0.2, 0.25) is 0 Å². The Morgan fingerprint density at radius 2 is 1.55 bits per heavy atom. The highest BCUT2D eigenvalue weighted by atomic mass is 16.1. The van der Waals surface area contributed by atoms with Crippen LogP contribution in [0.15, 0.2) is 73.1 Å². The molecule has 1 N–H and O–H groups in total. The van der Waals surface area contributed by atoms with Gasteiger partial charge in [-0.05, 0) is 22.8 Å². The van der Waals surface area contributed by atoms with E-state index in [2.05, 4.69) is 29.2 Å². The molecule has 0 spiro atoms. The van der Waals surface area contributed by atoms with Gasteiger partial charge in [-0.25, -0.2) is 0 Å². The van der Waals surface area contributed by atoms with Crippen LogP contribution in [-0.4, -0.2) is 10.8 Å². The Morgan fingerprint density at radius 3 is 2.20 bits per heavy atom. The fourth-order valence-corrected chi connectivity index (χ4v) is 2.23. The molecule has 0 unspecified atom stereocenters. The summed E-state index contributed by atoms with van der Waals surface area (Å²) in [6.07, 6.45) is 3.94. The number of carbonyl (C=O) groups excluding carboxylic acids is 1. The van der Waals surface area contributed by atoms with Crippen LogP contribution in [-0.2, 0) is 6.42 Å². The SMILES string of the molecule is O=C(Cc1ccc(-c2ccccc2)cc1)c1cc[nH]c1. The third kappa shape index (κ3) is 2.69. The minimum Gasteiger partial charge on any atom is -0.367 e. The highest BCUT2D eigenvalue weighted by Gasteiger charge is 2.07. The fraction of sp³-hybridized carbons (Fsp3) is 0.0556. The molecule has 1 aromatic heterocycles. The molecule has 0 fully saturated rings. The number of hydrogen-bond donors (Lipinski definition) is 1. The number of nitrogens with one attached hydrogen (secondary N) is 1. The third-order valence-electron chi connectivity index (χ3n) is 3.35. The molecule has 0 saturated carbocycles. The van der Waals surface area contributed by atoms with Gasteiger partial charge in [0.05, 0.1) is 0 Å². The topological polar surface area (TPSA) is 32.9 Å². The molecule has 0 radical (unpaired) electrons. The van der Waals surface area contributed by atoms with Gasteiger partial charge < -0.3 is 4.98 Å². The number of H-pyrrole nitrogens is 1. The summed E-state index contributed by atoms with van der Waals surface area (Å²) in [7, 11) is 0. The molecule has 0 saturated heterocycles. The molecule has 0 aliphatic carbocycles. The Kier molecular flexibility index (Phi) is 3.46. The number of Topliss-reactive ketones (excluding diaryl/α,β-unsaturated/α-hetero) is 1. The van der Waals surface area contributed by atoms with E-state index in [1.807, 2.05) is 30.3 Å². The van der Waals surface area contributed by atoms with Gasteiger partial charge in [-0.1, -0.05) is 54.6 Å². The third-order valence-corrected chi connectivity index (χ3v) is 3.35. The number of aromatic amines is 1. The molecule has 0 amide bonds. The first-order valence-corrected chi connectivity index (χ1v) is 6.63. The van der Waals surface area contributed by atoms with Crippen molar-refractivity contribution in [1.29, 1.82) is 0 Å². The lowest BCUT2D eigenvalue weighted by Gasteiger charge is -2.04. The smallest absolute Gasteiger partial charge is 0.168 e. The zero-order valence-corrected chi connectivity index (χ0v) is 11.0. The second kappa shape index (κ2) is 5.57.